The predicted molar refractivity (Wildman–Crippen MR) is 150 cm³/mol. The van der Waals surface area contributed by atoms with Crippen molar-refractivity contribution in [1.82, 2.24) is 15.5 Å². The number of aromatic nitrogens is 2. The number of nitrogens with one attached hydrogen (secondary N) is 1. The minimum Gasteiger partial charge on any atom is -0.490 e. The molecule has 0 bridgehead atoms. The summed E-state index contributed by atoms with van der Waals surface area (Å²) in [4.78, 5) is 15.2. The molecule has 0 amide bonds. The Morgan fingerprint density at radius 2 is 1.88 bits per heavy atom. The van der Waals surface area contributed by atoms with E-state index < -0.39 is 12.1 Å². The SMILES string of the molecule is CC(C)(CC1=CCc2c(Oc3ccc(C(=O)O)cn3)cccc21)NC[C@H](O)COc1ccccc1-c1ccon1. The minimum absolute atomic E-state index is 0.109. The van der Waals surface area contributed by atoms with Crippen LogP contribution in [0.4, 0.5) is 0 Å². The van der Waals surface area contributed by atoms with Gasteiger partial charge in [0.25, 0.3) is 0 Å². The van der Waals surface area contributed by atoms with Gasteiger partial charge in [0.05, 0.1) is 5.56 Å². The maximum absolute atomic E-state index is 11.1. The summed E-state index contributed by atoms with van der Waals surface area (Å²) in [7, 11) is 0. The van der Waals surface area contributed by atoms with Crippen molar-refractivity contribution in [2.75, 3.05) is 13.2 Å². The zero-order valence-electron chi connectivity index (χ0n) is 22.3. The smallest absolute Gasteiger partial charge is 0.337 e. The molecule has 1 atom stereocenters. The largest absolute Gasteiger partial charge is 0.490 e. The van der Waals surface area contributed by atoms with Crippen LogP contribution in [0.3, 0.4) is 0 Å². The summed E-state index contributed by atoms with van der Waals surface area (Å²) >= 11 is 0. The number of β-amino-alcohol motifs (C(OH)–C–C–N with tert-alkyl or cyclic N) is 1. The van der Waals surface area contributed by atoms with Crippen molar-refractivity contribution in [2.24, 2.45) is 0 Å². The average molecular weight is 542 g/mol. The molecular weight excluding hydrogens is 510 g/mol. The molecule has 1 aliphatic carbocycles. The summed E-state index contributed by atoms with van der Waals surface area (Å²) in [5.41, 5.74) is 4.67. The van der Waals surface area contributed by atoms with Crippen LogP contribution in [0.5, 0.6) is 17.4 Å². The second-order valence-electron chi connectivity index (χ2n) is 10.3. The third kappa shape index (κ3) is 6.39. The first-order valence-corrected chi connectivity index (χ1v) is 13.0. The third-order valence-electron chi connectivity index (χ3n) is 6.71. The Morgan fingerprint density at radius 3 is 2.62 bits per heavy atom. The predicted octanol–water partition coefficient (Wildman–Crippen LogP) is 5.36. The molecule has 9 heteroatoms. The van der Waals surface area contributed by atoms with Crippen LogP contribution in [0.1, 0.15) is 41.8 Å². The molecule has 0 radical (unpaired) electrons. The Hall–Kier alpha value is -4.47. The van der Waals surface area contributed by atoms with Crippen molar-refractivity contribution in [3.63, 3.8) is 0 Å². The summed E-state index contributed by atoms with van der Waals surface area (Å²) in [6, 6.07) is 18.2. The van der Waals surface area contributed by atoms with E-state index in [0.717, 1.165) is 29.5 Å². The summed E-state index contributed by atoms with van der Waals surface area (Å²) < 4.78 is 16.9. The van der Waals surface area contributed by atoms with E-state index in [1.807, 2.05) is 36.4 Å². The van der Waals surface area contributed by atoms with E-state index in [-0.39, 0.29) is 17.7 Å². The highest BCUT2D eigenvalue weighted by Crippen LogP contribution is 2.39. The molecule has 0 unspecified atom stereocenters. The number of carbonyl (C=O) groups is 1. The lowest BCUT2D eigenvalue weighted by Gasteiger charge is -2.29. The molecule has 0 spiro atoms. The number of aliphatic hydroxyl groups is 1. The van der Waals surface area contributed by atoms with E-state index in [1.54, 1.807) is 12.1 Å². The Balaban J connectivity index is 1.16. The summed E-state index contributed by atoms with van der Waals surface area (Å²) in [6.45, 7) is 4.70. The Labute approximate surface area is 232 Å². The summed E-state index contributed by atoms with van der Waals surface area (Å²) in [6.07, 6.45) is 5.76. The summed E-state index contributed by atoms with van der Waals surface area (Å²) in [5, 5.41) is 27.2. The first kappa shape index (κ1) is 27.1. The Bertz CT molecular complexity index is 1500. The number of benzene rings is 2. The van der Waals surface area contributed by atoms with Crippen molar-refractivity contribution in [3.05, 3.63) is 95.9 Å². The van der Waals surface area contributed by atoms with E-state index >= 15 is 0 Å². The fourth-order valence-electron chi connectivity index (χ4n) is 4.69. The lowest BCUT2D eigenvalue weighted by Crippen LogP contribution is -2.44. The van der Waals surface area contributed by atoms with Gasteiger partial charge in [-0.05, 0) is 62.1 Å². The molecule has 4 aromatic rings. The van der Waals surface area contributed by atoms with Crippen molar-refractivity contribution in [2.45, 2.75) is 38.3 Å². The number of aromatic carboxylic acids is 1. The van der Waals surface area contributed by atoms with Crippen LogP contribution in [0.2, 0.25) is 0 Å². The van der Waals surface area contributed by atoms with Gasteiger partial charge in [0, 0.05) is 41.5 Å². The molecular formula is C31H31N3O6. The van der Waals surface area contributed by atoms with Gasteiger partial charge in [-0.2, -0.15) is 0 Å². The topological polar surface area (TPSA) is 127 Å². The Kier molecular flexibility index (Phi) is 7.95. The molecule has 1 aliphatic rings. The van der Waals surface area contributed by atoms with E-state index in [1.165, 1.54) is 24.1 Å². The lowest BCUT2D eigenvalue weighted by molar-refractivity contribution is 0.0696. The molecule has 0 saturated carbocycles. The Morgan fingerprint density at radius 1 is 1.07 bits per heavy atom. The number of allylic oxidation sites excluding steroid dienone is 1. The number of para-hydroxylation sites is 1. The van der Waals surface area contributed by atoms with Gasteiger partial charge in [-0.15, -0.1) is 0 Å². The molecule has 206 valence electrons. The molecule has 9 nitrogen and oxygen atoms in total. The number of nitrogens with zero attached hydrogens (tertiary/aromatic N) is 2. The first-order valence-electron chi connectivity index (χ1n) is 13.0. The second-order valence-corrected chi connectivity index (χ2v) is 10.3. The van der Waals surface area contributed by atoms with Gasteiger partial charge in [0.2, 0.25) is 5.88 Å². The maximum Gasteiger partial charge on any atom is 0.337 e. The normalized spacial score (nSPS) is 13.4. The molecule has 2 aromatic carbocycles. The van der Waals surface area contributed by atoms with Crippen molar-refractivity contribution >= 4 is 11.5 Å². The zero-order chi connectivity index (χ0) is 28.1. The van der Waals surface area contributed by atoms with E-state index in [4.69, 9.17) is 19.1 Å². The quantitative estimate of drug-likeness (QED) is 0.217. The second kappa shape index (κ2) is 11.7. The van der Waals surface area contributed by atoms with Crippen LogP contribution < -0.4 is 14.8 Å². The fraction of sp³-hybridized carbons (Fsp3) is 0.258. The van der Waals surface area contributed by atoms with Crippen molar-refractivity contribution < 1.29 is 29.0 Å². The number of carboxylic acids is 1. The summed E-state index contributed by atoms with van der Waals surface area (Å²) in [5.74, 6) is 0.642. The molecule has 40 heavy (non-hydrogen) atoms. The molecule has 0 saturated heterocycles. The van der Waals surface area contributed by atoms with Crippen LogP contribution in [-0.2, 0) is 6.42 Å². The van der Waals surface area contributed by atoms with Gasteiger partial charge < -0.3 is 29.5 Å². The average Bonchev–Trinajstić information content (AvgIpc) is 3.62. The van der Waals surface area contributed by atoms with Crippen LogP contribution in [0.15, 0.2) is 83.7 Å². The van der Waals surface area contributed by atoms with Crippen LogP contribution in [0.25, 0.3) is 16.8 Å². The number of carboxylic acid groups (broad SMARTS) is 1. The number of fused-ring (bicyclic) bond motifs is 1. The number of ether oxygens (including phenoxy) is 2. The molecule has 5 rings (SSSR count). The van der Waals surface area contributed by atoms with E-state index in [0.29, 0.717) is 29.6 Å². The van der Waals surface area contributed by atoms with Gasteiger partial charge >= 0.3 is 5.97 Å². The number of aliphatic hydroxyl groups excluding tert-OH is 1. The van der Waals surface area contributed by atoms with Gasteiger partial charge in [-0.3, -0.25) is 0 Å². The standard InChI is InChI=1S/C31H31N3O6/c1-31(2,33-18-22(35)19-38-27-8-4-3-6-25(27)26-14-15-39-34-26)16-20-10-12-24-23(20)7-5-9-28(24)40-29-13-11-21(17-32-29)30(36)37/h3-11,13-15,17,22,33,35H,12,16,18-19H2,1-2H3,(H,36,37)/t22-/m0/s1. The highest BCUT2D eigenvalue weighted by molar-refractivity contribution is 5.87. The zero-order valence-corrected chi connectivity index (χ0v) is 22.3. The number of pyridine rings is 1. The molecule has 3 N–H and O–H groups in total. The number of hydrogen-bond donors (Lipinski definition) is 3. The highest BCUT2D eigenvalue weighted by atomic mass is 16.5. The fourth-order valence-corrected chi connectivity index (χ4v) is 4.69. The monoisotopic (exact) mass is 541 g/mol. The van der Waals surface area contributed by atoms with Crippen LogP contribution >= 0.6 is 0 Å². The van der Waals surface area contributed by atoms with Gasteiger partial charge in [-0.1, -0.05) is 35.5 Å². The molecule has 2 aromatic heterocycles. The van der Waals surface area contributed by atoms with Gasteiger partial charge in [0.1, 0.15) is 36.2 Å². The van der Waals surface area contributed by atoms with E-state index in [9.17, 15) is 9.90 Å². The van der Waals surface area contributed by atoms with Crippen LogP contribution in [-0.4, -0.2) is 51.1 Å². The highest BCUT2D eigenvalue weighted by Gasteiger charge is 2.26. The van der Waals surface area contributed by atoms with Crippen molar-refractivity contribution in [1.29, 1.82) is 0 Å². The number of hydrogen-bond acceptors (Lipinski definition) is 8. The first-order chi connectivity index (χ1) is 19.3. The van der Waals surface area contributed by atoms with Crippen LogP contribution in [0, 0.1) is 0 Å². The van der Waals surface area contributed by atoms with Gasteiger partial charge in [0.15, 0.2) is 0 Å². The third-order valence-corrected chi connectivity index (χ3v) is 6.71. The molecule has 0 fully saturated rings. The molecule has 0 aliphatic heterocycles. The van der Waals surface area contributed by atoms with Gasteiger partial charge in [-0.25, -0.2) is 9.78 Å². The number of rotatable bonds is 12. The van der Waals surface area contributed by atoms with Crippen molar-refractivity contribution in [3.8, 4) is 28.6 Å². The van der Waals surface area contributed by atoms with E-state index in [2.05, 4.69) is 41.4 Å². The lowest BCUT2D eigenvalue weighted by atomic mass is 9.91. The minimum atomic E-state index is -1.03. The maximum atomic E-state index is 11.1. The molecule has 2 heterocycles.